The molecule has 2 rings (SSSR count). The number of benzene rings is 2. The predicted octanol–water partition coefficient (Wildman–Crippen LogP) is 3.39. The fraction of sp³-hybridized carbons (Fsp3) is 0.273. The standard InChI is InChI=1S/C22H27N3O2/c1-4-17(12-13-24-22(27)15-25(3)16-26)20-11-10-19(14-21(20)23-2)18-8-6-5-7-9-18/h4-11,14,16,23H,12-13,15H2,1-3H3,(H,24,27)/b17-4+. The number of likely N-dealkylation sites (N-methyl/N-ethyl adjacent to an activating group) is 1. The minimum absolute atomic E-state index is 0.0716. The van der Waals surface area contributed by atoms with Gasteiger partial charge in [-0.15, -0.1) is 0 Å². The van der Waals surface area contributed by atoms with Crippen LogP contribution in [0.2, 0.25) is 0 Å². The molecule has 0 bridgehead atoms. The van der Waals surface area contributed by atoms with E-state index in [0.717, 1.165) is 22.4 Å². The van der Waals surface area contributed by atoms with Gasteiger partial charge in [0.15, 0.2) is 0 Å². The summed E-state index contributed by atoms with van der Waals surface area (Å²) in [7, 11) is 3.50. The van der Waals surface area contributed by atoms with E-state index in [1.54, 1.807) is 7.05 Å². The van der Waals surface area contributed by atoms with Crippen LogP contribution < -0.4 is 10.6 Å². The maximum absolute atomic E-state index is 11.8. The van der Waals surface area contributed by atoms with Crippen LogP contribution in [-0.2, 0) is 9.59 Å². The number of hydrogen-bond donors (Lipinski definition) is 2. The molecule has 0 aliphatic heterocycles. The van der Waals surface area contributed by atoms with E-state index in [9.17, 15) is 9.59 Å². The highest BCUT2D eigenvalue weighted by Gasteiger charge is 2.10. The van der Waals surface area contributed by atoms with E-state index >= 15 is 0 Å². The first-order chi connectivity index (χ1) is 13.1. The fourth-order valence-electron chi connectivity index (χ4n) is 2.93. The largest absolute Gasteiger partial charge is 0.388 e. The predicted molar refractivity (Wildman–Crippen MR) is 111 cm³/mol. The molecule has 0 saturated heterocycles. The zero-order valence-corrected chi connectivity index (χ0v) is 16.2. The Morgan fingerprint density at radius 1 is 1.11 bits per heavy atom. The van der Waals surface area contributed by atoms with E-state index in [-0.39, 0.29) is 12.5 Å². The number of carbonyl (C=O) groups excluding carboxylic acids is 2. The summed E-state index contributed by atoms with van der Waals surface area (Å²) in [5.41, 5.74) is 5.66. The molecule has 0 aromatic heterocycles. The maximum Gasteiger partial charge on any atom is 0.239 e. The van der Waals surface area contributed by atoms with Crippen molar-refractivity contribution in [3.05, 3.63) is 60.2 Å². The van der Waals surface area contributed by atoms with Crippen molar-refractivity contribution in [1.29, 1.82) is 0 Å². The number of carbonyl (C=O) groups is 2. The van der Waals surface area contributed by atoms with E-state index in [1.807, 2.05) is 32.2 Å². The Labute approximate surface area is 161 Å². The van der Waals surface area contributed by atoms with Gasteiger partial charge in [0.25, 0.3) is 0 Å². The third-order valence-corrected chi connectivity index (χ3v) is 4.38. The molecule has 0 heterocycles. The molecule has 0 atom stereocenters. The first-order valence-electron chi connectivity index (χ1n) is 9.04. The summed E-state index contributed by atoms with van der Waals surface area (Å²) < 4.78 is 0. The zero-order valence-electron chi connectivity index (χ0n) is 16.2. The summed E-state index contributed by atoms with van der Waals surface area (Å²) in [5.74, 6) is -0.159. The van der Waals surface area contributed by atoms with Crippen LogP contribution in [0.4, 0.5) is 5.69 Å². The highest BCUT2D eigenvalue weighted by atomic mass is 16.2. The van der Waals surface area contributed by atoms with Crippen molar-refractivity contribution in [2.24, 2.45) is 0 Å². The lowest BCUT2D eigenvalue weighted by atomic mass is 9.96. The average Bonchev–Trinajstić information content (AvgIpc) is 2.71. The lowest BCUT2D eigenvalue weighted by molar-refractivity contribution is -0.127. The smallest absolute Gasteiger partial charge is 0.239 e. The molecule has 0 fully saturated rings. The lowest BCUT2D eigenvalue weighted by Gasteiger charge is -2.16. The van der Waals surface area contributed by atoms with Crippen molar-refractivity contribution in [2.75, 3.05) is 32.5 Å². The van der Waals surface area contributed by atoms with Gasteiger partial charge in [0.05, 0.1) is 6.54 Å². The first kappa shape index (κ1) is 20.2. The summed E-state index contributed by atoms with van der Waals surface area (Å²) >= 11 is 0. The average molecular weight is 365 g/mol. The SMILES string of the molecule is C/C=C(\CCNC(=O)CN(C)C=O)c1ccc(-c2ccccc2)cc1NC. The van der Waals surface area contributed by atoms with Crippen molar-refractivity contribution < 1.29 is 9.59 Å². The van der Waals surface area contributed by atoms with Gasteiger partial charge in [0.1, 0.15) is 0 Å². The van der Waals surface area contributed by atoms with E-state index in [1.165, 1.54) is 10.5 Å². The molecule has 2 N–H and O–H groups in total. The number of nitrogens with one attached hydrogen (secondary N) is 2. The molecule has 27 heavy (non-hydrogen) atoms. The normalized spacial score (nSPS) is 11.0. The summed E-state index contributed by atoms with van der Waals surface area (Å²) in [6.45, 7) is 2.60. The van der Waals surface area contributed by atoms with Gasteiger partial charge in [-0.25, -0.2) is 0 Å². The number of rotatable bonds is 9. The first-order valence-corrected chi connectivity index (χ1v) is 9.04. The second-order valence-electron chi connectivity index (χ2n) is 6.31. The van der Waals surface area contributed by atoms with Crippen LogP contribution in [0.3, 0.4) is 0 Å². The third-order valence-electron chi connectivity index (χ3n) is 4.38. The molecular weight excluding hydrogens is 338 g/mol. The maximum atomic E-state index is 11.8. The number of nitrogens with zero attached hydrogens (tertiary/aromatic N) is 1. The van der Waals surface area contributed by atoms with E-state index in [4.69, 9.17) is 0 Å². The molecule has 2 aromatic carbocycles. The molecule has 2 amide bonds. The Bertz CT molecular complexity index is 800. The minimum Gasteiger partial charge on any atom is -0.388 e. The van der Waals surface area contributed by atoms with Gasteiger partial charge >= 0.3 is 0 Å². The number of allylic oxidation sites excluding steroid dienone is 1. The number of hydrogen-bond acceptors (Lipinski definition) is 3. The van der Waals surface area contributed by atoms with Crippen molar-refractivity contribution in [2.45, 2.75) is 13.3 Å². The molecule has 5 heteroatoms. The van der Waals surface area contributed by atoms with E-state index in [2.05, 4.69) is 47.0 Å². The molecular formula is C22H27N3O2. The topological polar surface area (TPSA) is 61.4 Å². The van der Waals surface area contributed by atoms with Crippen LogP contribution in [0.5, 0.6) is 0 Å². The third kappa shape index (κ3) is 5.71. The van der Waals surface area contributed by atoms with Crippen LogP contribution in [0, 0.1) is 0 Å². The molecule has 0 aliphatic carbocycles. The Balaban J connectivity index is 2.08. The van der Waals surface area contributed by atoms with Crippen LogP contribution in [0.15, 0.2) is 54.6 Å². The van der Waals surface area contributed by atoms with E-state index in [0.29, 0.717) is 19.4 Å². The van der Waals surface area contributed by atoms with Crippen LogP contribution in [0.25, 0.3) is 16.7 Å². The van der Waals surface area contributed by atoms with Gasteiger partial charge in [-0.1, -0.05) is 48.5 Å². The van der Waals surface area contributed by atoms with Crippen molar-refractivity contribution >= 4 is 23.6 Å². The van der Waals surface area contributed by atoms with Crippen LogP contribution in [-0.4, -0.2) is 44.4 Å². The zero-order chi connectivity index (χ0) is 19.6. The van der Waals surface area contributed by atoms with Crippen LogP contribution >= 0.6 is 0 Å². The Morgan fingerprint density at radius 3 is 2.48 bits per heavy atom. The summed E-state index contributed by atoms with van der Waals surface area (Å²) in [6, 6.07) is 16.6. The monoisotopic (exact) mass is 365 g/mol. The molecule has 0 radical (unpaired) electrons. The second-order valence-corrected chi connectivity index (χ2v) is 6.31. The molecule has 0 saturated carbocycles. The van der Waals surface area contributed by atoms with Gasteiger partial charge in [-0.3, -0.25) is 9.59 Å². The summed E-state index contributed by atoms with van der Waals surface area (Å²) in [4.78, 5) is 23.7. The molecule has 0 aliphatic rings. The van der Waals surface area contributed by atoms with Crippen molar-refractivity contribution in [3.63, 3.8) is 0 Å². The lowest BCUT2D eigenvalue weighted by Crippen LogP contribution is -2.35. The summed E-state index contributed by atoms with van der Waals surface area (Å²) in [5, 5.41) is 6.14. The highest BCUT2D eigenvalue weighted by molar-refractivity contribution is 5.82. The summed E-state index contributed by atoms with van der Waals surface area (Å²) in [6.07, 6.45) is 3.43. The fourth-order valence-corrected chi connectivity index (χ4v) is 2.93. The van der Waals surface area contributed by atoms with E-state index < -0.39 is 0 Å². The number of anilines is 1. The minimum atomic E-state index is -0.159. The van der Waals surface area contributed by atoms with Gasteiger partial charge < -0.3 is 15.5 Å². The van der Waals surface area contributed by atoms with Gasteiger partial charge in [-0.2, -0.15) is 0 Å². The van der Waals surface area contributed by atoms with Crippen molar-refractivity contribution in [1.82, 2.24) is 10.2 Å². The van der Waals surface area contributed by atoms with Crippen molar-refractivity contribution in [3.8, 4) is 11.1 Å². The van der Waals surface area contributed by atoms with Gasteiger partial charge in [0.2, 0.25) is 12.3 Å². The number of amides is 2. The second kappa shape index (κ2) is 10.2. The van der Waals surface area contributed by atoms with Gasteiger partial charge in [-0.05, 0) is 36.1 Å². The molecule has 142 valence electrons. The molecule has 2 aromatic rings. The molecule has 0 spiro atoms. The Morgan fingerprint density at radius 2 is 1.85 bits per heavy atom. The van der Waals surface area contributed by atoms with Crippen LogP contribution in [0.1, 0.15) is 18.9 Å². The van der Waals surface area contributed by atoms with Gasteiger partial charge in [0, 0.05) is 31.9 Å². The highest BCUT2D eigenvalue weighted by Crippen LogP contribution is 2.31. The molecule has 0 unspecified atom stereocenters. The Hall–Kier alpha value is -3.08. The molecule has 5 nitrogen and oxygen atoms in total. The Kier molecular flexibility index (Phi) is 7.62. The quantitative estimate of drug-likeness (QED) is 0.670.